The van der Waals surface area contributed by atoms with E-state index in [1.165, 1.54) is 76.6 Å². The molecular weight excluding hydrogens is 737 g/mol. The molecule has 1 aliphatic carbocycles. The summed E-state index contributed by atoms with van der Waals surface area (Å²) in [5.74, 6) is 0.207. The summed E-state index contributed by atoms with van der Waals surface area (Å²) in [6.45, 7) is 6.89. The maximum Gasteiger partial charge on any atom is 0.0629 e. The summed E-state index contributed by atoms with van der Waals surface area (Å²) in [4.78, 5) is 4.79. The van der Waals surface area contributed by atoms with Crippen molar-refractivity contribution in [3.63, 3.8) is 0 Å². The van der Waals surface area contributed by atoms with Crippen molar-refractivity contribution in [3.8, 4) is 22.3 Å². The molecule has 2 nitrogen and oxygen atoms in total. The second kappa shape index (κ2) is 15.2. The number of nitrogens with zero attached hydrogens (tertiary/aromatic N) is 2. The van der Waals surface area contributed by atoms with E-state index in [1.54, 1.807) is 0 Å². The first kappa shape index (κ1) is 36.4. The van der Waals surface area contributed by atoms with Crippen molar-refractivity contribution in [1.29, 1.82) is 0 Å². The molecule has 2 unspecified atom stereocenters. The first-order valence-corrected chi connectivity index (χ1v) is 21.2. The van der Waals surface area contributed by atoms with Crippen LogP contribution in [0, 0.1) is 0 Å². The molecule has 0 fully saturated rings. The Bertz CT molecular complexity index is 3240. The van der Waals surface area contributed by atoms with Crippen LogP contribution in [0.2, 0.25) is 0 Å². The summed E-state index contributed by atoms with van der Waals surface area (Å²) in [7, 11) is 0. The fraction of sp³-hybridized carbons (Fsp3) is 0.0508. The van der Waals surface area contributed by atoms with Gasteiger partial charge in [0.25, 0.3) is 0 Å². The van der Waals surface area contributed by atoms with Gasteiger partial charge in [0.05, 0.1) is 11.7 Å². The summed E-state index contributed by atoms with van der Waals surface area (Å²) >= 11 is 0. The molecule has 0 N–H and O–H groups in total. The van der Waals surface area contributed by atoms with Gasteiger partial charge in [-0.1, -0.05) is 189 Å². The van der Waals surface area contributed by atoms with Crippen LogP contribution in [0.1, 0.15) is 18.4 Å². The second-order valence-electron chi connectivity index (χ2n) is 16.1. The van der Waals surface area contributed by atoms with Gasteiger partial charge < -0.3 is 9.80 Å². The highest BCUT2D eigenvalue weighted by molar-refractivity contribution is 6.21. The number of hydrogen-bond acceptors (Lipinski definition) is 2. The standard InChI is InChI=1S/C59H44N2/c1-40(60(45-25-7-4-8-26-45)57-39-43-24-9-10-27-46(43)47-28-11-12-29-48(47)57)20-19-21-41(2)61-55-35-18-17-30-49(55)54-38-44(36-37-56(54)61)59-52-33-15-13-31-50(52)58(42-22-5-3-6-23-42)51-32-14-16-34-53(51)59/h3-39,49,55H,2H2,1H3/b21-19-,40-20+. The van der Waals surface area contributed by atoms with Crippen LogP contribution in [-0.4, -0.2) is 6.04 Å². The van der Waals surface area contributed by atoms with E-state index < -0.39 is 0 Å². The fourth-order valence-corrected chi connectivity index (χ4v) is 9.97. The molecule has 0 spiro atoms. The molecule has 0 bridgehead atoms. The highest BCUT2D eigenvalue weighted by atomic mass is 15.2. The van der Waals surface area contributed by atoms with E-state index in [0.717, 1.165) is 22.8 Å². The summed E-state index contributed by atoms with van der Waals surface area (Å²) in [5.41, 5.74) is 11.9. The Morgan fingerprint density at radius 1 is 0.541 bits per heavy atom. The van der Waals surface area contributed by atoms with Gasteiger partial charge in [0.1, 0.15) is 0 Å². The quantitative estimate of drug-likeness (QED) is 0.0861. The highest BCUT2D eigenvalue weighted by Gasteiger charge is 2.37. The Morgan fingerprint density at radius 2 is 1.10 bits per heavy atom. The van der Waals surface area contributed by atoms with Crippen LogP contribution in [0.15, 0.2) is 242 Å². The lowest BCUT2D eigenvalue weighted by Gasteiger charge is -2.29. The minimum absolute atomic E-state index is 0.135. The molecule has 11 rings (SSSR count). The van der Waals surface area contributed by atoms with Crippen molar-refractivity contribution in [3.05, 3.63) is 248 Å². The van der Waals surface area contributed by atoms with E-state index >= 15 is 0 Å². The van der Waals surface area contributed by atoms with Gasteiger partial charge in [-0.15, -0.1) is 0 Å². The van der Waals surface area contributed by atoms with Crippen LogP contribution in [0.4, 0.5) is 17.1 Å². The van der Waals surface area contributed by atoms with Gasteiger partial charge in [-0.05, 0) is 115 Å². The Kier molecular flexibility index (Phi) is 9.05. The van der Waals surface area contributed by atoms with Crippen molar-refractivity contribution in [2.45, 2.75) is 18.9 Å². The number of allylic oxidation sites excluding steroid dienone is 6. The minimum atomic E-state index is 0.135. The van der Waals surface area contributed by atoms with Gasteiger partial charge in [0.2, 0.25) is 0 Å². The molecule has 0 radical (unpaired) electrons. The van der Waals surface area contributed by atoms with Gasteiger partial charge >= 0.3 is 0 Å². The number of rotatable bonds is 8. The molecule has 61 heavy (non-hydrogen) atoms. The smallest absolute Gasteiger partial charge is 0.0629 e. The molecule has 9 aromatic rings. The largest absolute Gasteiger partial charge is 0.334 e. The van der Waals surface area contributed by atoms with Crippen molar-refractivity contribution in [1.82, 2.24) is 0 Å². The Balaban J connectivity index is 0.979. The van der Waals surface area contributed by atoms with Crippen molar-refractivity contribution in [2.75, 3.05) is 9.80 Å². The van der Waals surface area contributed by atoms with Crippen molar-refractivity contribution < 1.29 is 0 Å². The van der Waals surface area contributed by atoms with Gasteiger partial charge in [-0.25, -0.2) is 0 Å². The molecule has 0 saturated heterocycles. The zero-order valence-corrected chi connectivity index (χ0v) is 34.1. The third kappa shape index (κ3) is 6.19. The van der Waals surface area contributed by atoms with Crippen molar-refractivity contribution >= 4 is 60.2 Å². The average molecular weight is 781 g/mol. The maximum atomic E-state index is 4.70. The van der Waals surface area contributed by atoms with Gasteiger partial charge in [0.15, 0.2) is 0 Å². The zero-order chi connectivity index (χ0) is 40.9. The number of anilines is 3. The Labute approximate surface area is 357 Å². The molecule has 290 valence electrons. The molecule has 0 aromatic heterocycles. The van der Waals surface area contributed by atoms with Gasteiger partial charge in [-0.3, -0.25) is 0 Å². The molecule has 2 aliphatic rings. The third-order valence-electron chi connectivity index (χ3n) is 12.6. The second-order valence-corrected chi connectivity index (χ2v) is 16.1. The topological polar surface area (TPSA) is 6.48 Å². The first-order valence-electron chi connectivity index (χ1n) is 21.2. The van der Waals surface area contributed by atoms with E-state index in [9.17, 15) is 0 Å². The third-order valence-corrected chi connectivity index (χ3v) is 12.6. The van der Waals surface area contributed by atoms with Crippen LogP contribution in [0.3, 0.4) is 0 Å². The molecule has 9 aromatic carbocycles. The summed E-state index contributed by atoms with van der Waals surface area (Å²) in [5, 5.41) is 10.0. The Hall–Kier alpha value is -7.68. The summed E-state index contributed by atoms with van der Waals surface area (Å²) in [6, 6.07) is 66.3. The summed E-state index contributed by atoms with van der Waals surface area (Å²) < 4.78 is 0. The van der Waals surface area contributed by atoms with Crippen LogP contribution < -0.4 is 9.80 Å². The van der Waals surface area contributed by atoms with Gasteiger partial charge in [-0.2, -0.15) is 0 Å². The maximum absolute atomic E-state index is 4.70. The molecule has 0 saturated carbocycles. The lowest BCUT2D eigenvalue weighted by molar-refractivity contribution is 0.730. The molecule has 2 atom stereocenters. The molecule has 1 aliphatic heterocycles. The first-order chi connectivity index (χ1) is 30.1. The minimum Gasteiger partial charge on any atom is -0.334 e. The average Bonchev–Trinajstić information content (AvgIpc) is 3.65. The number of hydrogen-bond donors (Lipinski definition) is 0. The number of para-hydroxylation sites is 1. The van der Waals surface area contributed by atoms with Crippen molar-refractivity contribution in [2.24, 2.45) is 0 Å². The van der Waals surface area contributed by atoms with E-state index in [2.05, 4.69) is 241 Å². The lowest BCUT2D eigenvalue weighted by Crippen LogP contribution is -2.31. The Morgan fingerprint density at radius 3 is 1.79 bits per heavy atom. The predicted octanol–water partition coefficient (Wildman–Crippen LogP) is 15.8. The van der Waals surface area contributed by atoms with E-state index in [4.69, 9.17) is 6.58 Å². The van der Waals surface area contributed by atoms with E-state index in [-0.39, 0.29) is 12.0 Å². The van der Waals surface area contributed by atoms with Gasteiger partial charge in [0, 0.05) is 34.1 Å². The number of benzene rings is 9. The lowest BCUT2D eigenvalue weighted by atomic mass is 9.84. The zero-order valence-electron chi connectivity index (χ0n) is 34.1. The molecular formula is C59H44N2. The van der Waals surface area contributed by atoms with E-state index in [1.807, 2.05) is 0 Å². The highest BCUT2D eigenvalue weighted by Crippen LogP contribution is 2.50. The normalized spacial score (nSPS) is 15.9. The molecule has 2 heteroatoms. The van der Waals surface area contributed by atoms with Crippen LogP contribution >= 0.6 is 0 Å². The predicted molar refractivity (Wildman–Crippen MR) is 262 cm³/mol. The molecule has 0 amide bonds. The fourth-order valence-electron chi connectivity index (χ4n) is 9.97. The molecule has 1 heterocycles. The van der Waals surface area contributed by atoms with E-state index in [0.29, 0.717) is 0 Å². The summed E-state index contributed by atoms with van der Waals surface area (Å²) in [6.07, 6.45) is 15.6. The van der Waals surface area contributed by atoms with Crippen LogP contribution in [0.25, 0.3) is 65.3 Å². The number of fused-ring (bicyclic) bond motifs is 8. The SMILES string of the molecule is C=C(/C=C\C=C(/C)N(c1ccccc1)c1cc2ccccc2c2ccccc12)N1c2ccc(-c3c4ccccc4c(-c4ccccc4)c4ccccc34)cc2C2C=CC=CC21. The monoisotopic (exact) mass is 780 g/mol. The van der Waals surface area contributed by atoms with Crippen LogP contribution in [-0.2, 0) is 0 Å². The van der Waals surface area contributed by atoms with Crippen LogP contribution in [0.5, 0.6) is 0 Å².